The van der Waals surface area contributed by atoms with Crippen molar-refractivity contribution in [1.82, 2.24) is 15.0 Å². The summed E-state index contributed by atoms with van der Waals surface area (Å²) in [7, 11) is 1.61. The van der Waals surface area contributed by atoms with Crippen molar-refractivity contribution in [1.29, 1.82) is 0 Å². The van der Waals surface area contributed by atoms with Gasteiger partial charge in [-0.25, -0.2) is 0 Å². The van der Waals surface area contributed by atoms with Crippen molar-refractivity contribution in [3.63, 3.8) is 0 Å². The topological polar surface area (TPSA) is 81.6 Å². The van der Waals surface area contributed by atoms with Gasteiger partial charge in [0.15, 0.2) is 0 Å². The molecular formula is C21H25N3O4. The Hall–Kier alpha value is -3.09. The van der Waals surface area contributed by atoms with Crippen LogP contribution in [0.3, 0.4) is 0 Å². The number of aromatic nitrogens is 2. The molecular weight excluding hydrogens is 358 g/mol. The number of nitrogens with zero attached hydrogens (tertiary/aromatic N) is 3. The summed E-state index contributed by atoms with van der Waals surface area (Å²) in [5, 5.41) is 4.05. The lowest BCUT2D eigenvalue weighted by Gasteiger charge is -2.22. The second-order valence-electron chi connectivity index (χ2n) is 6.99. The minimum atomic E-state index is 0.0823. The van der Waals surface area contributed by atoms with Gasteiger partial charge in [-0.15, -0.1) is 0 Å². The Kier molecular flexibility index (Phi) is 6.47. The van der Waals surface area contributed by atoms with Crippen LogP contribution in [0.2, 0.25) is 0 Å². The summed E-state index contributed by atoms with van der Waals surface area (Å²) in [6.07, 6.45) is 2.57. The zero-order valence-electron chi connectivity index (χ0n) is 16.4. The van der Waals surface area contributed by atoms with Crippen LogP contribution in [0.25, 0.3) is 11.4 Å². The molecule has 0 aliphatic rings. The van der Waals surface area contributed by atoms with Crippen molar-refractivity contribution in [3.05, 3.63) is 54.3 Å². The Morgan fingerprint density at radius 1 is 1.25 bits per heavy atom. The maximum absolute atomic E-state index is 12.6. The third kappa shape index (κ3) is 5.22. The Morgan fingerprint density at radius 3 is 2.82 bits per heavy atom. The lowest BCUT2D eigenvalue weighted by molar-refractivity contribution is -0.132. The van der Waals surface area contributed by atoms with Gasteiger partial charge in [0.05, 0.1) is 19.9 Å². The quantitative estimate of drug-likeness (QED) is 0.556. The van der Waals surface area contributed by atoms with E-state index in [1.807, 2.05) is 50.2 Å². The fourth-order valence-electron chi connectivity index (χ4n) is 2.83. The fraction of sp³-hybridized carbons (Fsp3) is 0.381. The number of rotatable bonds is 9. The minimum Gasteiger partial charge on any atom is -0.497 e. The number of carbonyl (C=O) groups excluding carboxylic acids is 1. The number of hydrogen-bond acceptors (Lipinski definition) is 6. The number of carbonyl (C=O) groups is 1. The largest absolute Gasteiger partial charge is 0.497 e. The first-order valence-corrected chi connectivity index (χ1v) is 9.32. The van der Waals surface area contributed by atoms with Crippen molar-refractivity contribution in [2.24, 2.45) is 5.92 Å². The highest BCUT2D eigenvalue weighted by Crippen LogP contribution is 2.21. The molecule has 1 aromatic carbocycles. The average molecular weight is 383 g/mol. The Bertz CT molecular complexity index is 887. The monoisotopic (exact) mass is 383 g/mol. The van der Waals surface area contributed by atoms with Crippen molar-refractivity contribution < 1.29 is 18.5 Å². The molecule has 148 valence electrons. The van der Waals surface area contributed by atoms with Crippen LogP contribution in [0, 0.1) is 5.92 Å². The van der Waals surface area contributed by atoms with Gasteiger partial charge in [0.1, 0.15) is 11.5 Å². The second kappa shape index (κ2) is 9.21. The van der Waals surface area contributed by atoms with Gasteiger partial charge in [0, 0.05) is 24.9 Å². The van der Waals surface area contributed by atoms with Crippen LogP contribution in [-0.4, -0.2) is 34.6 Å². The summed E-state index contributed by atoms with van der Waals surface area (Å²) >= 11 is 0. The molecule has 28 heavy (non-hydrogen) atoms. The summed E-state index contributed by atoms with van der Waals surface area (Å²) < 4.78 is 16.0. The summed E-state index contributed by atoms with van der Waals surface area (Å²) in [6.45, 7) is 4.96. The highest BCUT2D eigenvalue weighted by atomic mass is 16.5. The molecule has 0 saturated heterocycles. The van der Waals surface area contributed by atoms with Crippen LogP contribution >= 0.6 is 0 Å². The van der Waals surface area contributed by atoms with Gasteiger partial charge in [0.2, 0.25) is 17.6 Å². The zero-order valence-corrected chi connectivity index (χ0v) is 16.4. The molecule has 2 aromatic heterocycles. The SMILES string of the molecule is COc1cccc(-c2noc(CCN(Cc3ccco3)C(=O)CC(C)C)n2)c1. The number of hydrogen-bond donors (Lipinski definition) is 0. The molecule has 0 radical (unpaired) electrons. The predicted octanol–water partition coefficient (Wildman–Crippen LogP) is 3.96. The van der Waals surface area contributed by atoms with E-state index in [4.69, 9.17) is 13.7 Å². The molecule has 0 aliphatic heterocycles. The van der Waals surface area contributed by atoms with Gasteiger partial charge in [0.25, 0.3) is 0 Å². The first-order valence-electron chi connectivity index (χ1n) is 9.32. The van der Waals surface area contributed by atoms with Crippen LogP contribution in [0.1, 0.15) is 31.9 Å². The third-order valence-electron chi connectivity index (χ3n) is 4.25. The molecule has 7 heteroatoms. The van der Waals surface area contributed by atoms with Crippen molar-refractivity contribution >= 4 is 5.91 Å². The summed E-state index contributed by atoms with van der Waals surface area (Å²) in [6, 6.07) is 11.2. The summed E-state index contributed by atoms with van der Waals surface area (Å²) in [5.74, 6) is 2.83. The van der Waals surface area contributed by atoms with E-state index in [-0.39, 0.29) is 11.8 Å². The number of benzene rings is 1. The predicted molar refractivity (Wildman–Crippen MR) is 104 cm³/mol. The van der Waals surface area contributed by atoms with E-state index >= 15 is 0 Å². The molecule has 0 unspecified atom stereocenters. The van der Waals surface area contributed by atoms with Gasteiger partial charge in [-0.05, 0) is 30.2 Å². The van der Waals surface area contributed by atoms with Gasteiger partial charge in [-0.1, -0.05) is 31.1 Å². The summed E-state index contributed by atoms with van der Waals surface area (Å²) in [5.41, 5.74) is 0.817. The molecule has 0 spiro atoms. The maximum atomic E-state index is 12.6. The smallest absolute Gasteiger partial charge is 0.228 e. The minimum absolute atomic E-state index is 0.0823. The summed E-state index contributed by atoms with van der Waals surface area (Å²) in [4.78, 5) is 18.8. The van der Waals surface area contributed by atoms with Crippen molar-refractivity contribution in [3.8, 4) is 17.1 Å². The molecule has 0 N–H and O–H groups in total. The molecule has 0 saturated carbocycles. The molecule has 1 amide bonds. The molecule has 0 bridgehead atoms. The zero-order chi connectivity index (χ0) is 19.9. The van der Waals surface area contributed by atoms with Gasteiger partial charge >= 0.3 is 0 Å². The molecule has 0 atom stereocenters. The Balaban J connectivity index is 1.67. The number of furan rings is 1. The normalized spacial score (nSPS) is 11.0. The van der Waals surface area contributed by atoms with Crippen molar-refractivity contribution in [2.75, 3.05) is 13.7 Å². The highest BCUT2D eigenvalue weighted by molar-refractivity contribution is 5.76. The van der Waals surface area contributed by atoms with Crippen LogP contribution in [0.15, 0.2) is 51.6 Å². The highest BCUT2D eigenvalue weighted by Gasteiger charge is 2.18. The Labute approximate surface area is 164 Å². The molecule has 3 rings (SSSR count). The maximum Gasteiger partial charge on any atom is 0.228 e. The van der Waals surface area contributed by atoms with E-state index in [0.717, 1.165) is 17.1 Å². The molecule has 7 nitrogen and oxygen atoms in total. The first-order chi connectivity index (χ1) is 13.5. The molecule has 2 heterocycles. The second-order valence-corrected chi connectivity index (χ2v) is 6.99. The van der Waals surface area contributed by atoms with E-state index in [1.165, 1.54) is 0 Å². The standard InChI is InChI=1S/C21H25N3O4/c1-15(2)12-20(25)24(14-18-8-5-11-27-18)10-9-19-22-21(23-28-19)16-6-4-7-17(13-16)26-3/h4-8,11,13,15H,9-10,12,14H2,1-3H3. The number of amides is 1. The fourth-order valence-corrected chi connectivity index (χ4v) is 2.83. The Morgan fingerprint density at radius 2 is 2.11 bits per heavy atom. The van der Waals surface area contributed by atoms with E-state index in [1.54, 1.807) is 18.3 Å². The number of ether oxygens (including phenoxy) is 1. The van der Waals surface area contributed by atoms with Crippen LogP contribution in [-0.2, 0) is 17.8 Å². The number of methoxy groups -OCH3 is 1. The van der Waals surface area contributed by atoms with E-state index in [0.29, 0.717) is 37.6 Å². The average Bonchev–Trinajstić information content (AvgIpc) is 3.36. The van der Waals surface area contributed by atoms with Crippen LogP contribution < -0.4 is 4.74 Å². The third-order valence-corrected chi connectivity index (χ3v) is 4.25. The molecule has 0 fully saturated rings. The van der Waals surface area contributed by atoms with E-state index < -0.39 is 0 Å². The van der Waals surface area contributed by atoms with Crippen molar-refractivity contribution in [2.45, 2.75) is 33.2 Å². The first kappa shape index (κ1) is 19.7. The molecule has 0 aliphatic carbocycles. The lowest BCUT2D eigenvalue weighted by atomic mass is 10.1. The van der Waals surface area contributed by atoms with Crippen LogP contribution in [0.4, 0.5) is 0 Å². The van der Waals surface area contributed by atoms with Gasteiger partial charge in [-0.3, -0.25) is 4.79 Å². The van der Waals surface area contributed by atoms with Gasteiger partial charge < -0.3 is 18.6 Å². The van der Waals surface area contributed by atoms with Gasteiger partial charge in [-0.2, -0.15) is 4.98 Å². The van der Waals surface area contributed by atoms with E-state index in [9.17, 15) is 4.79 Å². The lowest BCUT2D eigenvalue weighted by Crippen LogP contribution is -2.33. The van der Waals surface area contributed by atoms with E-state index in [2.05, 4.69) is 10.1 Å². The van der Waals surface area contributed by atoms with Crippen LogP contribution in [0.5, 0.6) is 5.75 Å². The molecule has 3 aromatic rings.